The van der Waals surface area contributed by atoms with Crippen LogP contribution in [-0.4, -0.2) is 36.7 Å². The number of hydrogen-bond donors (Lipinski definition) is 2. The van der Waals surface area contributed by atoms with Crippen molar-refractivity contribution < 1.29 is 9.53 Å². The normalized spacial score (nSPS) is 33.1. The highest BCUT2D eigenvalue weighted by Crippen LogP contribution is 2.34. The molecule has 2 heterocycles. The molecule has 0 radical (unpaired) electrons. The van der Waals surface area contributed by atoms with Gasteiger partial charge in [0.1, 0.15) is 0 Å². The second kappa shape index (κ2) is 5.36. The second-order valence-corrected chi connectivity index (χ2v) is 5.74. The summed E-state index contributed by atoms with van der Waals surface area (Å²) in [6.07, 6.45) is 4.16. The van der Waals surface area contributed by atoms with E-state index >= 15 is 0 Å². The summed E-state index contributed by atoms with van der Waals surface area (Å²) < 4.78 is 5.77. The second-order valence-electron chi connectivity index (χ2n) is 5.74. The molecule has 0 saturated carbocycles. The van der Waals surface area contributed by atoms with Crippen LogP contribution in [0.5, 0.6) is 0 Å². The summed E-state index contributed by atoms with van der Waals surface area (Å²) in [5.41, 5.74) is 0. The van der Waals surface area contributed by atoms with E-state index in [1.807, 2.05) is 6.92 Å². The van der Waals surface area contributed by atoms with Crippen LogP contribution < -0.4 is 10.6 Å². The monoisotopic (exact) mass is 240 g/mol. The van der Waals surface area contributed by atoms with Gasteiger partial charge in [0.05, 0.1) is 18.2 Å². The molecule has 2 bridgehead atoms. The maximum Gasteiger partial charge on any atom is 0.236 e. The number of carbonyl (C=O) groups is 1. The molecular formula is C13H24N2O2. The predicted octanol–water partition coefficient (Wildman–Crippen LogP) is 1.06. The van der Waals surface area contributed by atoms with Crippen molar-refractivity contribution in [2.45, 2.75) is 64.3 Å². The molecule has 4 atom stereocenters. The minimum absolute atomic E-state index is 0.0986. The van der Waals surface area contributed by atoms with Gasteiger partial charge in [0.25, 0.3) is 0 Å². The van der Waals surface area contributed by atoms with Gasteiger partial charge in [-0.05, 0) is 32.1 Å². The Balaban J connectivity index is 1.73. The first-order chi connectivity index (χ1) is 8.06. The Hall–Kier alpha value is -0.610. The van der Waals surface area contributed by atoms with E-state index in [1.54, 1.807) is 0 Å². The highest BCUT2D eigenvalue weighted by molar-refractivity contribution is 5.81. The van der Waals surface area contributed by atoms with Crippen molar-refractivity contribution in [3.05, 3.63) is 0 Å². The van der Waals surface area contributed by atoms with Crippen molar-refractivity contribution in [3.63, 3.8) is 0 Å². The van der Waals surface area contributed by atoms with E-state index in [4.69, 9.17) is 4.74 Å². The van der Waals surface area contributed by atoms with Crippen LogP contribution in [-0.2, 0) is 9.53 Å². The summed E-state index contributed by atoms with van der Waals surface area (Å²) in [7, 11) is 0. The molecule has 0 aromatic carbocycles. The summed E-state index contributed by atoms with van der Waals surface area (Å²) in [5.74, 6) is 0.596. The number of hydrogen-bond acceptors (Lipinski definition) is 3. The highest BCUT2D eigenvalue weighted by atomic mass is 16.5. The smallest absolute Gasteiger partial charge is 0.236 e. The molecule has 2 N–H and O–H groups in total. The molecule has 2 saturated heterocycles. The van der Waals surface area contributed by atoms with Crippen molar-refractivity contribution in [3.8, 4) is 0 Å². The summed E-state index contributed by atoms with van der Waals surface area (Å²) in [6.45, 7) is 6.88. The van der Waals surface area contributed by atoms with E-state index in [0.717, 1.165) is 19.4 Å². The molecule has 0 aromatic heterocycles. The maximum atomic E-state index is 11.8. The molecule has 4 unspecified atom stereocenters. The van der Waals surface area contributed by atoms with Crippen LogP contribution in [0, 0.1) is 5.92 Å². The molecular weight excluding hydrogens is 216 g/mol. The maximum absolute atomic E-state index is 11.8. The molecule has 4 nitrogen and oxygen atoms in total. The fraction of sp³-hybridized carbons (Fsp3) is 0.923. The van der Waals surface area contributed by atoms with E-state index in [0.29, 0.717) is 24.2 Å². The zero-order valence-electron chi connectivity index (χ0n) is 11.0. The van der Waals surface area contributed by atoms with Crippen LogP contribution >= 0.6 is 0 Å². The van der Waals surface area contributed by atoms with Gasteiger partial charge >= 0.3 is 0 Å². The number of amides is 1. The topological polar surface area (TPSA) is 50.4 Å². The summed E-state index contributed by atoms with van der Waals surface area (Å²) >= 11 is 0. The quantitative estimate of drug-likeness (QED) is 0.755. The molecule has 0 aliphatic carbocycles. The summed E-state index contributed by atoms with van der Waals surface area (Å²) in [4.78, 5) is 11.8. The molecule has 2 aliphatic rings. The van der Waals surface area contributed by atoms with Crippen LogP contribution in [0.2, 0.25) is 0 Å². The lowest BCUT2D eigenvalue weighted by Gasteiger charge is -2.24. The third-order valence-electron chi connectivity index (χ3n) is 3.65. The standard InChI is InChI=1S/C13H24N2O2/c1-8(2)7-14-13(16)9(3)15-11-6-10-4-5-12(11)17-10/h8-12,15H,4-7H2,1-3H3,(H,14,16). The van der Waals surface area contributed by atoms with Gasteiger partial charge in [-0.1, -0.05) is 13.8 Å². The van der Waals surface area contributed by atoms with Crippen molar-refractivity contribution >= 4 is 5.91 Å². The van der Waals surface area contributed by atoms with Crippen LogP contribution in [0.1, 0.15) is 40.0 Å². The first kappa shape index (κ1) is 12.8. The Morgan fingerprint density at radius 2 is 2.12 bits per heavy atom. The zero-order valence-corrected chi connectivity index (χ0v) is 11.0. The minimum atomic E-state index is -0.123. The van der Waals surface area contributed by atoms with Gasteiger partial charge in [-0.15, -0.1) is 0 Å². The van der Waals surface area contributed by atoms with Gasteiger partial charge in [0.2, 0.25) is 5.91 Å². The average molecular weight is 240 g/mol. The highest BCUT2D eigenvalue weighted by Gasteiger charge is 2.41. The molecule has 2 aliphatic heterocycles. The molecule has 0 spiro atoms. The number of rotatable bonds is 5. The average Bonchev–Trinajstić information content (AvgIpc) is 2.87. The van der Waals surface area contributed by atoms with Gasteiger partial charge < -0.3 is 15.4 Å². The van der Waals surface area contributed by atoms with E-state index in [2.05, 4.69) is 24.5 Å². The summed E-state index contributed by atoms with van der Waals surface area (Å²) in [6, 6.07) is 0.246. The van der Waals surface area contributed by atoms with Crippen LogP contribution in [0.25, 0.3) is 0 Å². The van der Waals surface area contributed by atoms with Gasteiger partial charge in [-0.2, -0.15) is 0 Å². The third kappa shape index (κ3) is 3.19. The van der Waals surface area contributed by atoms with Gasteiger partial charge in [-0.3, -0.25) is 4.79 Å². The van der Waals surface area contributed by atoms with Crippen LogP contribution in [0.3, 0.4) is 0 Å². The van der Waals surface area contributed by atoms with Crippen molar-refractivity contribution in [2.24, 2.45) is 5.92 Å². The number of fused-ring (bicyclic) bond motifs is 2. The predicted molar refractivity (Wildman–Crippen MR) is 66.7 cm³/mol. The zero-order chi connectivity index (χ0) is 12.4. The molecule has 2 fully saturated rings. The molecule has 2 rings (SSSR count). The first-order valence-electron chi connectivity index (χ1n) is 6.75. The van der Waals surface area contributed by atoms with Gasteiger partial charge in [0, 0.05) is 12.6 Å². The van der Waals surface area contributed by atoms with Crippen LogP contribution in [0.4, 0.5) is 0 Å². The Bertz CT molecular complexity index is 281. The Labute approximate surface area is 103 Å². The number of carbonyl (C=O) groups excluding carboxylic acids is 1. The van der Waals surface area contributed by atoms with E-state index < -0.39 is 0 Å². The minimum Gasteiger partial charge on any atom is -0.373 e. The largest absolute Gasteiger partial charge is 0.373 e. The SMILES string of the molecule is CC(C)CNC(=O)C(C)NC1CC2CCC1O2. The Morgan fingerprint density at radius 3 is 2.65 bits per heavy atom. The molecule has 1 amide bonds. The number of ether oxygens (including phenoxy) is 1. The fourth-order valence-corrected chi connectivity index (χ4v) is 2.67. The lowest BCUT2D eigenvalue weighted by molar-refractivity contribution is -0.123. The first-order valence-corrected chi connectivity index (χ1v) is 6.75. The number of nitrogens with one attached hydrogen (secondary N) is 2. The van der Waals surface area contributed by atoms with E-state index in [9.17, 15) is 4.79 Å². The van der Waals surface area contributed by atoms with Crippen molar-refractivity contribution in [1.29, 1.82) is 0 Å². The summed E-state index contributed by atoms with van der Waals surface area (Å²) in [5, 5.41) is 6.35. The molecule has 4 heteroatoms. The molecule has 0 aromatic rings. The lowest BCUT2D eigenvalue weighted by Crippen LogP contribution is -2.50. The Morgan fingerprint density at radius 1 is 1.35 bits per heavy atom. The van der Waals surface area contributed by atoms with E-state index in [-0.39, 0.29) is 11.9 Å². The molecule has 98 valence electrons. The Kier molecular flexibility index (Phi) is 4.05. The van der Waals surface area contributed by atoms with Crippen molar-refractivity contribution in [2.75, 3.05) is 6.54 Å². The van der Waals surface area contributed by atoms with Crippen molar-refractivity contribution in [1.82, 2.24) is 10.6 Å². The van der Waals surface area contributed by atoms with Gasteiger partial charge in [0.15, 0.2) is 0 Å². The molecule has 17 heavy (non-hydrogen) atoms. The lowest BCUT2D eigenvalue weighted by atomic mass is 9.95. The van der Waals surface area contributed by atoms with Crippen LogP contribution in [0.15, 0.2) is 0 Å². The van der Waals surface area contributed by atoms with E-state index in [1.165, 1.54) is 6.42 Å². The van der Waals surface area contributed by atoms with Gasteiger partial charge in [-0.25, -0.2) is 0 Å². The third-order valence-corrected chi connectivity index (χ3v) is 3.65. The fourth-order valence-electron chi connectivity index (χ4n) is 2.67.